The minimum absolute atomic E-state index is 1.04. The summed E-state index contributed by atoms with van der Waals surface area (Å²) in [4.78, 5) is 0. The first-order chi connectivity index (χ1) is 52.6. The van der Waals surface area contributed by atoms with E-state index in [-0.39, 0.29) is 0 Å². The lowest BCUT2D eigenvalue weighted by Crippen LogP contribution is -2.06. The van der Waals surface area contributed by atoms with E-state index in [0.29, 0.717) is 0 Å². The Kier molecular flexibility index (Phi) is 25.4. The fraction of sp³-hybridized carbons (Fsp3) is 0.189. The van der Waals surface area contributed by atoms with Gasteiger partial charge in [-0.25, -0.2) is 0 Å². The topological polar surface area (TPSA) is 0 Å². The van der Waals surface area contributed by atoms with Crippen LogP contribution >= 0.6 is 0 Å². The zero-order valence-corrected chi connectivity index (χ0v) is 61.8. The fourth-order valence-corrected chi connectivity index (χ4v) is 16.1. The number of hydrogen-bond donors (Lipinski definition) is 0. The smallest absolute Gasteiger partial charge is 0.00135 e. The van der Waals surface area contributed by atoms with Crippen molar-refractivity contribution in [2.24, 2.45) is 0 Å². The molecule has 0 amide bonds. The summed E-state index contributed by atoms with van der Waals surface area (Å²) in [7, 11) is 0. The molecule has 0 saturated heterocycles. The summed E-state index contributed by atoms with van der Waals surface area (Å²) in [6.45, 7) is 0. The molecule has 106 heavy (non-hydrogen) atoms. The Morgan fingerprint density at radius 2 is 0.462 bits per heavy atom. The number of aryl methyl sites for hydroxylation is 6. The fourth-order valence-electron chi connectivity index (χ4n) is 16.1. The first-order valence-electron chi connectivity index (χ1n) is 39.2. The van der Waals surface area contributed by atoms with Gasteiger partial charge in [0.1, 0.15) is 0 Å². The van der Waals surface area contributed by atoms with Crippen LogP contribution in [0, 0.1) is 0 Å². The number of hydrogen-bond acceptors (Lipinski definition) is 0. The molecule has 0 unspecified atom stereocenters. The third kappa shape index (κ3) is 19.6. The second kappa shape index (κ2) is 37.5. The molecular formula is C106H100. The molecule has 11 aromatic carbocycles. The standard InChI is InChI=1S/C15H14.C15H12.C14H12.C13H10.C10H12.C9H10.C9H8.2C8H8.C5H6/c2*1-3-7-14-11-15-8-4-2-6-13(15)10-9-12(14)5-1;1-2-6-12-10-14-8-4-3-7-13(14)9-11(12)5-1;1-3-7-12-10(5-1)9-11-6-2-4-8-13(11)12;1-2-6-10-8-4-3-7-9(10)5-1;2*1-2-5-9-7-3-6-8(9)4-1;2*1-3-7-5-2-6-8(7)4-1;1-2-4-5-3-1/h1-8H,9-11H2;1-10H,11H2;1-8H,9-10H2;1-8H,9H2;1-2,5-6H,3-4,7-8H2;1-2,4-5H,3,6-7H2;1-6H,7H2;1-3,6H,4-5H2;1-3,5H,4,6H2;1-4H,5H2. The molecule has 0 atom stereocenters. The number of allylic oxidation sites excluding steroid dienone is 17. The molecule has 23 rings (SSSR count). The summed E-state index contributed by atoms with van der Waals surface area (Å²) < 4.78 is 0. The van der Waals surface area contributed by atoms with Gasteiger partial charge in [-0.15, -0.1) is 0 Å². The van der Waals surface area contributed by atoms with Gasteiger partial charge in [-0.1, -0.05) is 370 Å². The Labute approximate surface area is 633 Å². The van der Waals surface area contributed by atoms with Crippen LogP contribution in [0.3, 0.4) is 0 Å². The zero-order chi connectivity index (χ0) is 71.6. The minimum Gasteiger partial charge on any atom is -0.0808 e. The monoisotopic (exact) mass is 1370 g/mol. The van der Waals surface area contributed by atoms with Gasteiger partial charge in [-0.2, -0.15) is 0 Å². The summed E-state index contributed by atoms with van der Waals surface area (Å²) in [5.74, 6) is 0. The first kappa shape index (κ1) is 71.8. The maximum absolute atomic E-state index is 2.27. The Morgan fingerprint density at radius 3 is 0.840 bits per heavy atom. The number of fused-ring (bicyclic) bond motifs is 12. The largest absolute Gasteiger partial charge is 0.0808 e. The van der Waals surface area contributed by atoms with Crippen LogP contribution in [0.5, 0.6) is 0 Å². The molecule has 12 aliphatic carbocycles. The van der Waals surface area contributed by atoms with Crippen molar-refractivity contribution in [3.63, 3.8) is 0 Å². The Balaban J connectivity index is 0.000000100. The minimum atomic E-state index is 1.04. The van der Waals surface area contributed by atoms with Crippen molar-refractivity contribution in [1.82, 2.24) is 0 Å². The molecule has 12 aliphatic rings. The molecule has 0 bridgehead atoms. The van der Waals surface area contributed by atoms with E-state index in [1.165, 1.54) is 200 Å². The van der Waals surface area contributed by atoms with E-state index in [0.717, 1.165) is 44.9 Å². The van der Waals surface area contributed by atoms with E-state index in [1.54, 1.807) is 27.8 Å². The normalized spacial score (nSPS) is 15.4. The van der Waals surface area contributed by atoms with E-state index in [1.807, 2.05) is 0 Å². The molecule has 0 radical (unpaired) electrons. The highest BCUT2D eigenvalue weighted by Crippen LogP contribution is 2.37. The van der Waals surface area contributed by atoms with Gasteiger partial charge in [0.25, 0.3) is 0 Å². The van der Waals surface area contributed by atoms with E-state index >= 15 is 0 Å². The van der Waals surface area contributed by atoms with Crippen molar-refractivity contribution in [3.8, 4) is 11.1 Å². The predicted octanol–water partition coefficient (Wildman–Crippen LogP) is 26.5. The summed E-state index contributed by atoms with van der Waals surface area (Å²) in [5.41, 5.74) is 38.5. The van der Waals surface area contributed by atoms with Gasteiger partial charge in [-0.3, -0.25) is 0 Å². The van der Waals surface area contributed by atoms with E-state index in [2.05, 4.69) is 364 Å². The molecule has 0 aliphatic heterocycles. The van der Waals surface area contributed by atoms with Crippen LogP contribution in [0.25, 0.3) is 29.4 Å². The van der Waals surface area contributed by atoms with Crippen LogP contribution in [0.15, 0.2) is 368 Å². The summed E-state index contributed by atoms with van der Waals surface area (Å²) in [6, 6.07) is 95.7. The average Bonchev–Trinajstić information content (AvgIpc) is 1.56. The van der Waals surface area contributed by atoms with Crippen LogP contribution in [-0.4, -0.2) is 0 Å². The van der Waals surface area contributed by atoms with Gasteiger partial charge in [-0.05, 0) is 268 Å². The summed E-state index contributed by atoms with van der Waals surface area (Å²) in [6.07, 6.45) is 59.1. The van der Waals surface area contributed by atoms with Crippen molar-refractivity contribution in [2.45, 2.75) is 128 Å². The molecule has 0 saturated carbocycles. The van der Waals surface area contributed by atoms with Crippen LogP contribution in [-0.2, 0) is 77.0 Å². The Hall–Kier alpha value is -11.2. The van der Waals surface area contributed by atoms with E-state index < -0.39 is 0 Å². The molecule has 0 N–H and O–H groups in total. The second-order valence-electron chi connectivity index (χ2n) is 29.0. The van der Waals surface area contributed by atoms with Crippen molar-refractivity contribution in [1.29, 1.82) is 0 Å². The van der Waals surface area contributed by atoms with E-state index in [4.69, 9.17) is 0 Å². The molecule has 524 valence electrons. The molecule has 11 aromatic rings. The van der Waals surface area contributed by atoms with Gasteiger partial charge in [0.05, 0.1) is 0 Å². The summed E-state index contributed by atoms with van der Waals surface area (Å²) >= 11 is 0. The Bertz CT molecular complexity index is 4790. The molecular weight excluding hydrogens is 1270 g/mol. The molecule has 0 aromatic heterocycles. The van der Waals surface area contributed by atoms with Crippen LogP contribution in [0.1, 0.15) is 163 Å². The molecule has 0 heteroatoms. The zero-order valence-electron chi connectivity index (χ0n) is 61.8. The predicted molar refractivity (Wildman–Crippen MR) is 454 cm³/mol. The maximum atomic E-state index is 2.27. The molecule has 0 heterocycles. The van der Waals surface area contributed by atoms with Crippen molar-refractivity contribution in [3.05, 3.63) is 479 Å². The average molecular weight is 1370 g/mol. The van der Waals surface area contributed by atoms with Crippen LogP contribution in [0.2, 0.25) is 0 Å². The third-order valence-corrected chi connectivity index (χ3v) is 22.0. The lowest BCUT2D eigenvalue weighted by atomic mass is 9.86. The van der Waals surface area contributed by atoms with E-state index in [9.17, 15) is 0 Å². The van der Waals surface area contributed by atoms with Crippen molar-refractivity contribution in [2.75, 3.05) is 0 Å². The highest BCUT2D eigenvalue weighted by Gasteiger charge is 2.18. The Morgan fingerprint density at radius 1 is 0.179 bits per heavy atom. The second-order valence-corrected chi connectivity index (χ2v) is 29.0. The maximum Gasteiger partial charge on any atom is -0.00135 e. The quantitative estimate of drug-likeness (QED) is 0.142. The third-order valence-electron chi connectivity index (χ3n) is 22.0. The van der Waals surface area contributed by atoms with Gasteiger partial charge in [0.15, 0.2) is 0 Å². The summed E-state index contributed by atoms with van der Waals surface area (Å²) in [5, 5.41) is 0. The van der Waals surface area contributed by atoms with Crippen LogP contribution < -0.4 is 0 Å². The van der Waals surface area contributed by atoms with Gasteiger partial charge in [0.2, 0.25) is 0 Å². The van der Waals surface area contributed by atoms with Gasteiger partial charge in [0, 0.05) is 0 Å². The van der Waals surface area contributed by atoms with Crippen molar-refractivity contribution < 1.29 is 0 Å². The highest BCUT2D eigenvalue weighted by molar-refractivity contribution is 5.77. The SMILES string of the molecule is C1=CC2=C(C1)CC=C2.C1=CC2=C(C=CC2)C1.C1=CCC=C1.C1=Cc2ccccc2C1.C1=Cc2ccccc2Cc2ccccc21.c1ccc2c(c1)CCC2.c1ccc2c(c1)CCCC2.c1ccc2c(c1)CCc1ccccc1C2.c1ccc2c(c1)Cc1ccccc1-2.c1ccc2c(c1)Cc1ccccc1C2. The van der Waals surface area contributed by atoms with Crippen LogP contribution in [0.4, 0.5) is 0 Å². The number of benzene rings is 11. The lowest BCUT2D eigenvalue weighted by Gasteiger charge is -2.18. The highest BCUT2D eigenvalue weighted by atomic mass is 14.2. The van der Waals surface area contributed by atoms with Gasteiger partial charge < -0.3 is 0 Å². The molecule has 0 fully saturated rings. The van der Waals surface area contributed by atoms with Gasteiger partial charge >= 0.3 is 0 Å². The van der Waals surface area contributed by atoms with Crippen molar-refractivity contribution >= 4 is 18.2 Å². The first-order valence-corrected chi connectivity index (χ1v) is 39.2. The number of rotatable bonds is 0. The molecule has 0 nitrogen and oxygen atoms in total. The lowest BCUT2D eigenvalue weighted by molar-refractivity contribution is 0.685. The molecule has 0 spiro atoms.